The molecule has 0 bridgehead atoms. The van der Waals surface area contributed by atoms with E-state index >= 15 is 0 Å². The third-order valence-electron chi connectivity index (χ3n) is 4.84. The van der Waals surface area contributed by atoms with Crippen LogP contribution >= 0.6 is 0 Å². The van der Waals surface area contributed by atoms with Crippen molar-refractivity contribution in [3.8, 4) is 11.1 Å². The zero-order chi connectivity index (χ0) is 21.2. The highest BCUT2D eigenvalue weighted by Gasteiger charge is 2.30. The van der Waals surface area contributed by atoms with Crippen molar-refractivity contribution in [3.05, 3.63) is 59.7 Å². The predicted molar refractivity (Wildman–Crippen MR) is 104 cm³/mol. The Morgan fingerprint density at radius 2 is 1.62 bits per heavy atom. The van der Waals surface area contributed by atoms with Gasteiger partial charge in [0.15, 0.2) is 0 Å². The third kappa shape index (κ3) is 5.36. The van der Waals surface area contributed by atoms with Crippen LogP contribution in [-0.2, 0) is 16.2 Å². The maximum absolute atomic E-state index is 13.0. The lowest BCUT2D eigenvalue weighted by atomic mass is 9.97. The van der Waals surface area contributed by atoms with Gasteiger partial charge >= 0.3 is 6.18 Å². The first-order valence-electron chi connectivity index (χ1n) is 9.08. The summed E-state index contributed by atoms with van der Waals surface area (Å²) >= 11 is 0. The van der Waals surface area contributed by atoms with E-state index in [2.05, 4.69) is 4.72 Å². The van der Waals surface area contributed by atoms with E-state index in [0.717, 1.165) is 18.4 Å². The lowest BCUT2D eigenvalue weighted by Crippen LogP contribution is -2.46. The molecule has 0 atom stereocenters. The van der Waals surface area contributed by atoms with Crippen LogP contribution in [0.2, 0.25) is 0 Å². The van der Waals surface area contributed by atoms with E-state index in [0.29, 0.717) is 42.6 Å². The first kappa shape index (κ1) is 21.3. The monoisotopic (exact) mass is 426 g/mol. The minimum Gasteiger partial charge on any atom is -0.339 e. The van der Waals surface area contributed by atoms with Gasteiger partial charge in [-0.25, -0.2) is 13.1 Å². The number of likely N-dealkylation sites (tertiary alicyclic amines) is 1. The van der Waals surface area contributed by atoms with Crippen molar-refractivity contribution in [2.75, 3.05) is 19.3 Å². The number of hydrogen-bond donors (Lipinski definition) is 1. The van der Waals surface area contributed by atoms with E-state index in [4.69, 9.17) is 0 Å². The molecule has 0 aliphatic carbocycles. The summed E-state index contributed by atoms with van der Waals surface area (Å²) < 4.78 is 63.7. The number of carbonyl (C=O) groups is 1. The van der Waals surface area contributed by atoms with E-state index in [1.807, 2.05) is 0 Å². The topological polar surface area (TPSA) is 66.5 Å². The Bertz CT molecular complexity index is 981. The summed E-state index contributed by atoms with van der Waals surface area (Å²) in [4.78, 5) is 14.7. The Balaban J connectivity index is 1.78. The Labute approximate surface area is 167 Å². The summed E-state index contributed by atoms with van der Waals surface area (Å²) in [6.45, 7) is 0.792. The van der Waals surface area contributed by atoms with Crippen molar-refractivity contribution in [1.29, 1.82) is 0 Å². The summed E-state index contributed by atoms with van der Waals surface area (Å²) in [5.41, 5.74) is 0.741. The Hall–Kier alpha value is -2.39. The van der Waals surface area contributed by atoms with Crippen LogP contribution in [0.5, 0.6) is 0 Å². The van der Waals surface area contributed by atoms with Gasteiger partial charge < -0.3 is 4.90 Å². The summed E-state index contributed by atoms with van der Waals surface area (Å²) in [5, 5.41) is 0. The number of halogens is 3. The summed E-state index contributed by atoms with van der Waals surface area (Å²) in [5.74, 6) is -0.224. The molecule has 0 unspecified atom stereocenters. The van der Waals surface area contributed by atoms with Gasteiger partial charge in [-0.05, 0) is 42.2 Å². The fourth-order valence-corrected chi connectivity index (χ4v) is 4.27. The normalized spacial score (nSPS) is 16.1. The molecular weight excluding hydrogens is 405 g/mol. The van der Waals surface area contributed by atoms with Crippen LogP contribution in [0.15, 0.2) is 48.5 Å². The van der Waals surface area contributed by atoms with E-state index in [1.54, 1.807) is 29.2 Å². The number of benzene rings is 2. The van der Waals surface area contributed by atoms with Gasteiger partial charge in [0.1, 0.15) is 0 Å². The number of sulfonamides is 1. The minimum atomic E-state index is -4.42. The van der Waals surface area contributed by atoms with E-state index < -0.39 is 21.8 Å². The largest absolute Gasteiger partial charge is 0.416 e. The Morgan fingerprint density at radius 1 is 1.03 bits per heavy atom. The first-order valence-corrected chi connectivity index (χ1v) is 11.0. The Morgan fingerprint density at radius 3 is 2.17 bits per heavy atom. The lowest BCUT2D eigenvalue weighted by Gasteiger charge is -2.32. The fraction of sp³-hybridized carbons (Fsp3) is 0.350. The molecule has 0 aromatic heterocycles. The van der Waals surface area contributed by atoms with Gasteiger partial charge in [0.2, 0.25) is 10.0 Å². The molecule has 0 saturated carbocycles. The van der Waals surface area contributed by atoms with Crippen molar-refractivity contribution in [3.63, 3.8) is 0 Å². The van der Waals surface area contributed by atoms with Crippen LogP contribution in [-0.4, -0.2) is 44.6 Å². The molecule has 1 heterocycles. The van der Waals surface area contributed by atoms with E-state index in [9.17, 15) is 26.4 Å². The Kier molecular flexibility index (Phi) is 6.00. The molecule has 1 amide bonds. The molecule has 3 rings (SSSR count). The van der Waals surface area contributed by atoms with Crippen molar-refractivity contribution in [2.45, 2.75) is 25.1 Å². The maximum Gasteiger partial charge on any atom is 0.416 e. The zero-order valence-electron chi connectivity index (χ0n) is 15.7. The highest BCUT2D eigenvalue weighted by molar-refractivity contribution is 7.88. The van der Waals surface area contributed by atoms with Gasteiger partial charge in [0, 0.05) is 24.7 Å². The first-order chi connectivity index (χ1) is 13.5. The molecule has 1 aliphatic heterocycles. The third-order valence-corrected chi connectivity index (χ3v) is 5.61. The zero-order valence-corrected chi connectivity index (χ0v) is 16.6. The molecule has 1 aliphatic rings. The number of piperidine rings is 1. The SMILES string of the molecule is CS(=O)(=O)NC1CCN(C(=O)c2ccccc2-c2ccc(C(F)(F)F)cc2)CC1. The number of hydrogen-bond acceptors (Lipinski definition) is 3. The van der Waals surface area contributed by atoms with Crippen LogP contribution in [0, 0.1) is 0 Å². The standard InChI is InChI=1S/C20H21F3N2O3S/c1-29(27,28)24-16-10-12-25(13-11-16)19(26)18-5-3-2-4-17(18)14-6-8-15(9-7-14)20(21,22)23/h2-9,16,24H,10-13H2,1H3. The number of nitrogens with one attached hydrogen (secondary N) is 1. The average Bonchev–Trinajstić information content (AvgIpc) is 2.66. The van der Waals surface area contributed by atoms with Crippen LogP contribution in [0.4, 0.5) is 13.2 Å². The highest BCUT2D eigenvalue weighted by atomic mass is 32.2. The quantitative estimate of drug-likeness (QED) is 0.814. The molecule has 0 spiro atoms. The highest BCUT2D eigenvalue weighted by Crippen LogP contribution is 2.32. The molecule has 29 heavy (non-hydrogen) atoms. The second-order valence-corrected chi connectivity index (χ2v) is 8.86. The molecule has 2 aromatic rings. The lowest BCUT2D eigenvalue weighted by molar-refractivity contribution is -0.137. The number of carbonyl (C=O) groups excluding carboxylic acids is 1. The van der Waals surface area contributed by atoms with Crippen molar-refractivity contribution < 1.29 is 26.4 Å². The molecule has 2 aromatic carbocycles. The number of rotatable bonds is 4. The molecule has 1 N–H and O–H groups in total. The maximum atomic E-state index is 13.0. The van der Waals surface area contributed by atoms with Gasteiger partial charge in [0.05, 0.1) is 11.8 Å². The molecule has 1 saturated heterocycles. The van der Waals surface area contributed by atoms with Gasteiger partial charge in [-0.15, -0.1) is 0 Å². The van der Waals surface area contributed by atoms with Crippen LogP contribution in [0.3, 0.4) is 0 Å². The van der Waals surface area contributed by atoms with Crippen molar-refractivity contribution in [1.82, 2.24) is 9.62 Å². The summed E-state index contributed by atoms with van der Waals surface area (Å²) in [6, 6.07) is 11.3. The molecule has 5 nitrogen and oxygen atoms in total. The van der Waals surface area contributed by atoms with Gasteiger partial charge in [-0.1, -0.05) is 30.3 Å². The molecule has 156 valence electrons. The fourth-order valence-electron chi connectivity index (χ4n) is 3.43. The minimum absolute atomic E-state index is 0.209. The van der Waals surface area contributed by atoms with Crippen LogP contribution < -0.4 is 4.72 Å². The van der Waals surface area contributed by atoms with E-state index in [-0.39, 0.29) is 11.9 Å². The molecule has 9 heteroatoms. The second-order valence-electron chi connectivity index (χ2n) is 7.08. The summed E-state index contributed by atoms with van der Waals surface area (Å²) in [6.07, 6.45) is -2.31. The number of nitrogens with zero attached hydrogens (tertiary/aromatic N) is 1. The van der Waals surface area contributed by atoms with Crippen molar-refractivity contribution in [2.24, 2.45) is 0 Å². The summed E-state index contributed by atoms with van der Waals surface area (Å²) in [7, 11) is -3.30. The number of alkyl halides is 3. The smallest absolute Gasteiger partial charge is 0.339 e. The predicted octanol–water partition coefficient (Wildman–Crippen LogP) is 3.53. The molecular formula is C20H21F3N2O3S. The molecule has 0 radical (unpaired) electrons. The van der Waals surface area contributed by atoms with Crippen LogP contribution in [0.25, 0.3) is 11.1 Å². The van der Waals surface area contributed by atoms with Crippen LogP contribution in [0.1, 0.15) is 28.8 Å². The van der Waals surface area contributed by atoms with Crippen molar-refractivity contribution >= 4 is 15.9 Å². The number of amides is 1. The average molecular weight is 426 g/mol. The van der Waals surface area contributed by atoms with E-state index in [1.165, 1.54) is 12.1 Å². The second kappa shape index (κ2) is 8.16. The molecule has 1 fully saturated rings. The van der Waals surface area contributed by atoms with Gasteiger partial charge in [-0.3, -0.25) is 4.79 Å². The van der Waals surface area contributed by atoms with Gasteiger partial charge in [0.25, 0.3) is 5.91 Å². The van der Waals surface area contributed by atoms with Gasteiger partial charge in [-0.2, -0.15) is 13.2 Å².